The van der Waals surface area contributed by atoms with E-state index in [4.69, 9.17) is 9.47 Å². The molecule has 26 heavy (non-hydrogen) atoms. The second-order valence-corrected chi connectivity index (χ2v) is 5.63. The first kappa shape index (κ1) is 17.7. The molecular formula is C20H22N4O2. The minimum Gasteiger partial charge on any atom is -0.489 e. The highest BCUT2D eigenvalue weighted by Crippen LogP contribution is 2.20. The molecule has 1 heterocycles. The highest BCUT2D eigenvalue weighted by Gasteiger charge is 2.01. The second kappa shape index (κ2) is 9.39. The molecule has 0 fully saturated rings. The smallest absolute Gasteiger partial charge is 0.135 e. The van der Waals surface area contributed by atoms with Crippen molar-refractivity contribution in [3.8, 4) is 5.75 Å². The Morgan fingerprint density at radius 1 is 0.923 bits per heavy atom. The molecule has 6 heteroatoms. The molecule has 0 saturated heterocycles. The van der Waals surface area contributed by atoms with Gasteiger partial charge in [0, 0.05) is 25.4 Å². The molecule has 0 atom stereocenters. The van der Waals surface area contributed by atoms with Crippen LogP contribution in [0.2, 0.25) is 0 Å². The van der Waals surface area contributed by atoms with Crippen LogP contribution in [-0.4, -0.2) is 30.2 Å². The van der Waals surface area contributed by atoms with Crippen molar-refractivity contribution < 1.29 is 9.47 Å². The summed E-state index contributed by atoms with van der Waals surface area (Å²) >= 11 is 0. The van der Waals surface area contributed by atoms with Gasteiger partial charge in [0.2, 0.25) is 0 Å². The van der Waals surface area contributed by atoms with Gasteiger partial charge in [-0.2, -0.15) is 0 Å². The van der Waals surface area contributed by atoms with Crippen molar-refractivity contribution in [2.24, 2.45) is 0 Å². The molecule has 6 nitrogen and oxygen atoms in total. The lowest BCUT2D eigenvalue weighted by Gasteiger charge is -2.10. The molecule has 0 radical (unpaired) electrons. The lowest BCUT2D eigenvalue weighted by molar-refractivity contribution is 0.210. The SMILES string of the molecule is COCCNc1cc(Nc2ccc(OCc3ccccc3)cc2)ncn1. The topological polar surface area (TPSA) is 68.3 Å². The van der Waals surface area contributed by atoms with Crippen molar-refractivity contribution in [3.05, 3.63) is 72.6 Å². The van der Waals surface area contributed by atoms with Crippen molar-refractivity contribution in [1.82, 2.24) is 9.97 Å². The van der Waals surface area contributed by atoms with E-state index in [2.05, 4.69) is 20.6 Å². The van der Waals surface area contributed by atoms with E-state index in [1.165, 1.54) is 6.33 Å². The summed E-state index contributed by atoms with van der Waals surface area (Å²) in [4.78, 5) is 8.42. The Hall–Kier alpha value is -3.12. The van der Waals surface area contributed by atoms with Gasteiger partial charge in [0.1, 0.15) is 30.3 Å². The van der Waals surface area contributed by atoms with Gasteiger partial charge in [-0.25, -0.2) is 9.97 Å². The number of nitrogens with one attached hydrogen (secondary N) is 2. The summed E-state index contributed by atoms with van der Waals surface area (Å²) in [6, 6.07) is 19.7. The van der Waals surface area contributed by atoms with Crippen LogP contribution in [0.3, 0.4) is 0 Å². The molecule has 0 aliphatic heterocycles. The molecule has 0 aliphatic carbocycles. The molecule has 3 aromatic rings. The van der Waals surface area contributed by atoms with Crippen molar-refractivity contribution in [1.29, 1.82) is 0 Å². The highest BCUT2D eigenvalue weighted by atomic mass is 16.5. The summed E-state index contributed by atoms with van der Waals surface area (Å²) in [5.41, 5.74) is 2.07. The van der Waals surface area contributed by atoms with E-state index in [9.17, 15) is 0 Å². The molecule has 0 spiro atoms. The van der Waals surface area contributed by atoms with Gasteiger partial charge in [-0.15, -0.1) is 0 Å². The Morgan fingerprint density at radius 2 is 1.69 bits per heavy atom. The summed E-state index contributed by atoms with van der Waals surface area (Å²) in [5.74, 6) is 2.30. The van der Waals surface area contributed by atoms with Crippen LogP contribution in [0.15, 0.2) is 67.0 Å². The summed E-state index contributed by atoms with van der Waals surface area (Å²) in [6.07, 6.45) is 1.52. The maximum Gasteiger partial charge on any atom is 0.135 e. The van der Waals surface area contributed by atoms with Crippen molar-refractivity contribution in [3.63, 3.8) is 0 Å². The zero-order valence-corrected chi connectivity index (χ0v) is 14.7. The third kappa shape index (κ3) is 5.46. The zero-order chi connectivity index (χ0) is 18.0. The number of hydrogen-bond acceptors (Lipinski definition) is 6. The lowest BCUT2D eigenvalue weighted by Crippen LogP contribution is -2.09. The van der Waals surface area contributed by atoms with Gasteiger partial charge in [-0.3, -0.25) is 0 Å². The van der Waals surface area contributed by atoms with Crippen LogP contribution in [0, 0.1) is 0 Å². The van der Waals surface area contributed by atoms with E-state index in [0.29, 0.717) is 19.8 Å². The first-order valence-electron chi connectivity index (χ1n) is 8.42. The Labute approximate surface area is 153 Å². The van der Waals surface area contributed by atoms with E-state index in [1.54, 1.807) is 7.11 Å². The van der Waals surface area contributed by atoms with Crippen LogP contribution in [0.25, 0.3) is 0 Å². The van der Waals surface area contributed by atoms with Gasteiger partial charge in [0.05, 0.1) is 6.61 Å². The first-order chi connectivity index (χ1) is 12.8. The van der Waals surface area contributed by atoms with Crippen molar-refractivity contribution >= 4 is 17.3 Å². The van der Waals surface area contributed by atoms with Gasteiger partial charge in [-0.1, -0.05) is 30.3 Å². The van der Waals surface area contributed by atoms with Crippen LogP contribution in [-0.2, 0) is 11.3 Å². The highest BCUT2D eigenvalue weighted by molar-refractivity contribution is 5.59. The van der Waals surface area contributed by atoms with E-state index < -0.39 is 0 Å². The van der Waals surface area contributed by atoms with Crippen LogP contribution in [0.5, 0.6) is 5.75 Å². The molecular weight excluding hydrogens is 328 g/mol. The predicted octanol–water partition coefficient (Wildman–Crippen LogP) is 3.86. The molecule has 2 N–H and O–H groups in total. The zero-order valence-electron chi connectivity index (χ0n) is 14.7. The third-order valence-electron chi connectivity index (χ3n) is 3.65. The number of benzene rings is 2. The first-order valence-corrected chi connectivity index (χ1v) is 8.42. The minimum absolute atomic E-state index is 0.552. The quantitative estimate of drug-likeness (QED) is 0.571. The summed E-state index contributed by atoms with van der Waals surface area (Å²) < 4.78 is 10.8. The number of nitrogens with zero attached hydrogens (tertiary/aromatic N) is 2. The maximum atomic E-state index is 5.80. The van der Waals surface area contributed by atoms with Gasteiger partial charge in [0.25, 0.3) is 0 Å². The Balaban J connectivity index is 1.54. The number of aromatic nitrogens is 2. The fraction of sp³-hybridized carbons (Fsp3) is 0.200. The average molecular weight is 350 g/mol. The number of ether oxygens (including phenoxy) is 2. The number of hydrogen-bond donors (Lipinski definition) is 2. The van der Waals surface area contributed by atoms with Crippen molar-refractivity contribution in [2.75, 3.05) is 30.9 Å². The normalized spacial score (nSPS) is 10.3. The van der Waals surface area contributed by atoms with Gasteiger partial charge < -0.3 is 20.1 Å². The molecule has 3 rings (SSSR count). The third-order valence-corrected chi connectivity index (χ3v) is 3.65. The van der Waals surface area contributed by atoms with E-state index >= 15 is 0 Å². The standard InChI is InChI=1S/C20H22N4O2/c1-25-12-11-21-19-13-20(23-15-22-19)24-17-7-9-18(10-8-17)26-14-16-5-3-2-4-6-16/h2-10,13,15H,11-12,14H2,1H3,(H2,21,22,23,24). The fourth-order valence-corrected chi connectivity index (χ4v) is 2.33. The van der Waals surface area contributed by atoms with E-state index in [1.807, 2.05) is 60.7 Å². The van der Waals surface area contributed by atoms with Crippen LogP contribution < -0.4 is 15.4 Å². The maximum absolute atomic E-state index is 5.80. The molecule has 0 bridgehead atoms. The van der Waals surface area contributed by atoms with Crippen LogP contribution in [0.1, 0.15) is 5.56 Å². The largest absolute Gasteiger partial charge is 0.489 e. The molecule has 0 amide bonds. The minimum atomic E-state index is 0.552. The van der Waals surface area contributed by atoms with Crippen molar-refractivity contribution in [2.45, 2.75) is 6.61 Å². The molecule has 0 aliphatic rings. The van der Waals surface area contributed by atoms with Gasteiger partial charge in [0.15, 0.2) is 0 Å². The monoisotopic (exact) mass is 350 g/mol. The summed E-state index contributed by atoms with van der Waals surface area (Å²) in [7, 11) is 1.67. The molecule has 2 aromatic carbocycles. The van der Waals surface area contributed by atoms with Crippen LogP contribution >= 0.6 is 0 Å². The van der Waals surface area contributed by atoms with Gasteiger partial charge >= 0.3 is 0 Å². The fourth-order valence-electron chi connectivity index (χ4n) is 2.33. The number of methoxy groups -OCH3 is 1. The molecule has 134 valence electrons. The number of rotatable bonds is 9. The Morgan fingerprint density at radius 3 is 2.46 bits per heavy atom. The van der Waals surface area contributed by atoms with Gasteiger partial charge in [-0.05, 0) is 29.8 Å². The average Bonchev–Trinajstić information content (AvgIpc) is 2.69. The Bertz CT molecular complexity index is 794. The lowest BCUT2D eigenvalue weighted by atomic mass is 10.2. The number of anilines is 3. The molecule has 1 aromatic heterocycles. The predicted molar refractivity (Wildman–Crippen MR) is 103 cm³/mol. The Kier molecular flexibility index (Phi) is 6.39. The van der Waals surface area contributed by atoms with E-state index in [-0.39, 0.29) is 0 Å². The summed E-state index contributed by atoms with van der Waals surface area (Å²) in [5, 5.41) is 6.43. The van der Waals surface area contributed by atoms with Crippen LogP contribution in [0.4, 0.5) is 17.3 Å². The molecule has 0 saturated carbocycles. The second-order valence-electron chi connectivity index (χ2n) is 5.63. The molecule has 0 unspecified atom stereocenters. The summed E-state index contributed by atoms with van der Waals surface area (Å²) in [6.45, 7) is 1.87. The van der Waals surface area contributed by atoms with E-state index in [0.717, 1.165) is 28.6 Å².